The van der Waals surface area contributed by atoms with Crippen molar-refractivity contribution >= 4 is 77.8 Å². The molecule has 2 saturated heterocycles. The van der Waals surface area contributed by atoms with Gasteiger partial charge in [-0.3, -0.25) is 10.0 Å². The molecule has 1 aromatic carbocycles. The monoisotopic (exact) mass is 644 g/mol. The maximum Gasteiger partial charge on any atom is 0.410 e. The molecule has 2 aliphatic rings. The zero-order valence-corrected chi connectivity index (χ0v) is 25.2. The Bertz CT molecular complexity index is 1760. The molecule has 2 aliphatic heterocycles. The van der Waals surface area contributed by atoms with Crippen LogP contribution in [0.2, 0.25) is 5.02 Å². The zero-order chi connectivity index (χ0) is 29.1. The van der Waals surface area contributed by atoms with Crippen molar-refractivity contribution in [1.82, 2.24) is 20.2 Å². The lowest BCUT2D eigenvalue weighted by atomic mass is 10.2. The Balaban J connectivity index is 1.10. The normalized spacial score (nSPS) is 18.8. The number of carbonyl (C=O) groups is 1. The molecule has 6 rings (SSSR count). The molecule has 0 radical (unpaired) electrons. The second-order valence-corrected chi connectivity index (χ2v) is 13.8. The van der Waals surface area contributed by atoms with Crippen LogP contribution in [0.25, 0.3) is 10.2 Å². The number of carbonyl (C=O) groups excluding carboxylic acids is 1. The van der Waals surface area contributed by atoms with E-state index in [2.05, 4.69) is 37.2 Å². The van der Waals surface area contributed by atoms with Gasteiger partial charge in [0.2, 0.25) is 0 Å². The van der Waals surface area contributed by atoms with Crippen LogP contribution in [0.4, 0.5) is 22.0 Å². The summed E-state index contributed by atoms with van der Waals surface area (Å²) in [4.78, 5) is 23.6. The Morgan fingerprint density at radius 2 is 2.07 bits per heavy atom. The second-order valence-electron chi connectivity index (χ2n) is 9.48. The number of benzene rings is 1. The molecule has 218 valence electrons. The van der Waals surface area contributed by atoms with Crippen LogP contribution in [0.5, 0.6) is 0 Å². The molecule has 0 unspecified atom stereocenters. The fraction of sp³-hybridized carbons (Fsp3) is 0.296. The number of sulfonamides is 1. The number of amides is 1. The number of halogens is 1. The summed E-state index contributed by atoms with van der Waals surface area (Å²) in [5.74, 6) is 7.03. The fourth-order valence-electron chi connectivity index (χ4n) is 4.45. The van der Waals surface area contributed by atoms with Gasteiger partial charge in [0.1, 0.15) is 16.6 Å². The molecule has 2 fully saturated rings. The van der Waals surface area contributed by atoms with E-state index < -0.39 is 10.0 Å². The van der Waals surface area contributed by atoms with Gasteiger partial charge in [-0.25, -0.2) is 23.2 Å². The highest BCUT2D eigenvalue weighted by Gasteiger charge is 2.28. The first kappa shape index (κ1) is 28.7. The van der Waals surface area contributed by atoms with Crippen molar-refractivity contribution in [3.8, 4) is 11.8 Å². The Morgan fingerprint density at radius 3 is 2.86 bits per heavy atom. The van der Waals surface area contributed by atoms with E-state index >= 15 is 0 Å². The van der Waals surface area contributed by atoms with Crippen molar-refractivity contribution in [2.75, 3.05) is 42.9 Å². The summed E-state index contributed by atoms with van der Waals surface area (Å²) in [5.41, 5.74) is 1.65. The van der Waals surface area contributed by atoms with Gasteiger partial charge in [-0.1, -0.05) is 29.5 Å². The molecule has 0 spiro atoms. The van der Waals surface area contributed by atoms with E-state index in [-0.39, 0.29) is 33.2 Å². The van der Waals surface area contributed by atoms with Crippen LogP contribution < -0.4 is 15.4 Å². The zero-order valence-electron chi connectivity index (χ0n) is 22.0. The summed E-state index contributed by atoms with van der Waals surface area (Å²) in [5, 5.41) is 8.49. The van der Waals surface area contributed by atoms with Gasteiger partial charge in [0.25, 0.3) is 10.0 Å². The van der Waals surface area contributed by atoms with E-state index in [1.54, 1.807) is 34.5 Å². The van der Waals surface area contributed by atoms with Crippen LogP contribution in [-0.4, -0.2) is 74.4 Å². The van der Waals surface area contributed by atoms with Gasteiger partial charge < -0.3 is 19.7 Å². The second kappa shape index (κ2) is 12.4. The van der Waals surface area contributed by atoms with Gasteiger partial charge in [0.15, 0.2) is 5.82 Å². The number of morpholine rings is 1. The highest BCUT2D eigenvalue weighted by molar-refractivity contribution is 7.94. The molecule has 4 aromatic rings. The molecule has 3 aromatic heterocycles. The SMILES string of the molecule is O=C(O[C@H]1CN[C@H](C#Cc2cc3ncnc(Nc4ccc(NS(=O)(=O)c5cccs5)c(Cl)c4)c3s2)C1)N1CCOCC1. The molecule has 2 atom stereocenters. The van der Waals surface area contributed by atoms with Crippen molar-refractivity contribution < 1.29 is 22.7 Å². The minimum absolute atomic E-state index is 0.0979. The topological polar surface area (TPSA) is 135 Å². The first-order valence-electron chi connectivity index (χ1n) is 13.0. The van der Waals surface area contributed by atoms with Crippen molar-refractivity contribution in [2.24, 2.45) is 0 Å². The molecule has 1 amide bonds. The van der Waals surface area contributed by atoms with E-state index in [4.69, 9.17) is 21.1 Å². The van der Waals surface area contributed by atoms with Crippen LogP contribution in [-0.2, 0) is 19.5 Å². The third kappa shape index (κ3) is 6.62. The van der Waals surface area contributed by atoms with Crippen LogP contribution >= 0.6 is 34.3 Å². The summed E-state index contributed by atoms with van der Waals surface area (Å²) in [6.45, 7) is 2.71. The lowest BCUT2D eigenvalue weighted by molar-refractivity contribution is 0.0156. The highest BCUT2D eigenvalue weighted by atomic mass is 35.5. The number of ether oxygens (including phenoxy) is 2. The van der Waals surface area contributed by atoms with Gasteiger partial charge in [0.05, 0.1) is 45.1 Å². The van der Waals surface area contributed by atoms with E-state index in [0.29, 0.717) is 50.8 Å². The summed E-state index contributed by atoms with van der Waals surface area (Å²) in [6.07, 6.45) is 1.54. The minimum Gasteiger partial charge on any atom is -0.445 e. The van der Waals surface area contributed by atoms with Crippen LogP contribution in [0.1, 0.15) is 11.3 Å². The van der Waals surface area contributed by atoms with Crippen molar-refractivity contribution in [3.05, 3.63) is 58.0 Å². The van der Waals surface area contributed by atoms with E-state index in [1.807, 2.05) is 6.07 Å². The molecule has 5 heterocycles. The lowest BCUT2D eigenvalue weighted by Crippen LogP contribution is -2.42. The average Bonchev–Trinajstić information content (AvgIpc) is 3.76. The molecular formula is C27H25ClN6O5S3. The number of thiophene rings is 2. The standard InChI is InChI=1S/C27H25ClN6O5S3/c28-21-13-18(4-6-22(21)33-42(36,37)24-2-1-11-40-24)32-26-25-23(30-16-31-26)14-20(41-25)5-3-17-12-19(15-29-17)39-27(35)34-7-9-38-10-8-34/h1-2,4,6,11,13-14,16-17,19,29,33H,7-10,12,15H2,(H,30,31,32)/t17-,19-/m1/s1. The van der Waals surface area contributed by atoms with Crippen LogP contribution in [0, 0.1) is 11.8 Å². The molecule has 15 heteroatoms. The van der Waals surface area contributed by atoms with Crippen molar-refractivity contribution in [3.63, 3.8) is 0 Å². The molecule has 42 heavy (non-hydrogen) atoms. The number of nitrogens with one attached hydrogen (secondary N) is 3. The van der Waals surface area contributed by atoms with Gasteiger partial charge in [0, 0.05) is 31.7 Å². The molecule has 0 saturated carbocycles. The number of aromatic nitrogens is 2. The number of hydrogen-bond acceptors (Lipinski definition) is 11. The van der Waals surface area contributed by atoms with E-state index in [0.717, 1.165) is 26.4 Å². The third-order valence-electron chi connectivity index (χ3n) is 6.54. The number of nitrogens with zero attached hydrogens (tertiary/aromatic N) is 3. The van der Waals surface area contributed by atoms with Gasteiger partial charge >= 0.3 is 6.09 Å². The molecule has 0 aliphatic carbocycles. The number of fused-ring (bicyclic) bond motifs is 1. The number of hydrogen-bond donors (Lipinski definition) is 3. The van der Waals surface area contributed by atoms with Crippen molar-refractivity contribution in [1.29, 1.82) is 0 Å². The minimum atomic E-state index is -3.72. The summed E-state index contributed by atoms with van der Waals surface area (Å²) in [7, 11) is -3.72. The average molecular weight is 645 g/mol. The predicted octanol–water partition coefficient (Wildman–Crippen LogP) is 4.50. The Morgan fingerprint density at radius 1 is 1.21 bits per heavy atom. The summed E-state index contributed by atoms with van der Waals surface area (Å²) in [6, 6.07) is 9.95. The van der Waals surface area contributed by atoms with Crippen molar-refractivity contribution in [2.45, 2.75) is 22.8 Å². The van der Waals surface area contributed by atoms with Gasteiger partial charge in [-0.05, 0) is 35.7 Å². The fourth-order valence-corrected chi connectivity index (χ4v) is 7.73. The summed E-state index contributed by atoms with van der Waals surface area (Å²) < 4.78 is 39.6. The molecule has 11 nitrogen and oxygen atoms in total. The number of rotatable bonds is 6. The van der Waals surface area contributed by atoms with E-state index in [1.165, 1.54) is 23.7 Å². The first-order valence-corrected chi connectivity index (χ1v) is 16.6. The van der Waals surface area contributed by atoms with E-state index in [9.17, 15) is 13.2 Å². The maximum atomic E-state index is 12.6. The Labute approximate surface area is 255 Å². The first-order chi connectivity index (χ1) is 20.3. The molecule has 0 bridgehead atoms. The summed E-state index contributed by atoms with van der Waals surface area (Å²) >= 11 is 8.99. The highest BCUT2D eigenvalue weighted by Crippen LogP contribution is 2.33. The quantitative estimate of drug-likeness (QED) is 0.259. The maximum absolute atomic E-state index is 12.6. The molecular weight excluding hydrogens is 620 g/mol. The Kier molecular flexibility index (Phi) is 8.48. The lowest BCUT2D eigenvalue weighted by Gasteiger charge is -2.27. The largest absolute Gasteiger partial charge is 0.445 e. The molecule has 3 N–H and O–H groups in total. The Hall–Kier alpha value is -3.45. The predicted molar refractivity (Wildman–Crippen MR) is 163 cm³/mol. The number of anilines is 3. The smallest absolute Gasteiger partial charge is 0.410 e. The van der Waals surface area contributed by atoms with Gasteiger partial charge in [-0.15, -0.1) is 22.7 Å². The van der Waals surface area contributed by atoms with Crippen LogP contribution in [0.3, 0.4) is 0 Å². The van der Waals surface area contributed by atoms with Gasteiger partial charge in [-0.2, -0.15) is 0 Å². The third-order valence-corrected chi connectivity index (χ3v) is 10.7. The van der Waals surface area contributed by atoms with Crippen LogP contribution in [0.15, 0.2) is 52.3 Å².